The molecule has 19 aromatic carbocycles. The number of fused-ring (bicyclic) bond motifs is 11. The fourth-order valence-electron chi connectivity index (χ4n) is 18.8. The summed E-state index contributed by atoms with van der Waals surface area (Å²) < 4.78 is 2.61. The van der Waals surface area contributed by atoms with Gasteiger partial charge in [0, 0.05) is 20.2 Å². The van der Waals surface area contributed by atoms with Crippen LogP contribution in [0.4, 0.5) is 0 Å². The summed E-state index contributed by atoms with van der Waals surface area (Å²) in [4.78, 5) is 0. The Morgan fingerprint density at radius 1 is 0.159 bits per heavy atom. The van der Waals surface area contributed by atoms with Gasteiger partial charge in [0.2, 0.25) is 0 Å². The normalized spacial score (nSPS) is 11.8. The maximum absolute atomic E-state index is 2.46. The standard InChI is InChI=1S/C106H74S/c1-63-58-65(3)90(66(4)59-63)76-46-50-78(51-47-76)94-95(79-52-48-77(49-53-79)91-67(5)60-64(2)61-68(91)6)99(80-44-42-69(43-45-80)81-55-56-88-87(62-81)100-82-37-23-22-26-70(82)54-57-89(100)107-88)106-86-41-25-39-84-102(86)101-83(38-24-40-85(101)105(106)98(94)75-35-20-11-21-36-75)103-96(73-31-16-9-17-32-73)92(71-27-12-7-13-28-71)93(72-29-14-8-15-30-72)97(104(84)103)74-33-18-10-19-34-74/h7-62H,1-6H3. The summed E-state index contributed by atoms with van der Waals surface area (Å²) in [5.41, 5.74) is 34.0. The number of hydrogen-bond acceptors (Lipinski definition) is 1. The van der Waals surface area contributed by atoms with E-state index in [1.54, 1.807) is 0 Å². The van der Waals surface area contributed by atoms with E-state index in [0.717, 1.165) is 22.3 Å². The Bertz CT molecular complexity index is 6900. The quantitative estimate of drug-likeness (QED) is 0.0894. The molecule has 0 amide bonds. The average molecular weight is 1380 g/mol. The van der Waals surface area contributed by atoms with E-state index in [1.165, 1.54) is 218 Å². The first-order valence-corrected chi connectivity index (χ1v) is 38.3. The molecule has 0 bridgehead atoms. The second kappa shape index (κ2) is 25.5. The molecule has 0 unspecified atom stereocenters. The Hall–Kier alpha value is -12.8. The van der Waals surface area contributed by atoms with Crippen molar-refractivity contribution in [3.63, 3.8) is 0 Å². The molecule has 0 saturated carbocycles. The summed E-state index contributed by atoms with van der Waals surface area (Å²) in [6.07, 6.45) is 0. The number of hydrogen-bond donors (Lipinski definition) is 0. The third-order valence-corrected chi connectivity index (χ3v) is 24.0. The fraction of sp³-hybridized carbons (Fsp3) is 0.0566. The first kappa shape index (κ1) is 63.9. The molecule has 0 spiro atoms. The maximum atomic E-state index is 2.46. The highest BCUT2D eigenvalue weighted by Crippen LogP contribution is 2.60. The van der Waals surface area contributed by atoms with E-state index in [0.29, 0.717) is 0 Å². The van der Waals surface area contributed by atoms with Crippen LogP contribution in [0.15, 0.2) is 340 Å². The van der Waals surface area contributed by atoms with Crippen LogP contribution >= 0.6 is 11.3 Å². The van der Waals surface area contributed by atoms with Crippen molar-refractivity contribution in [1.29, 1.82) is 0 Å². The lowest BCUT2D eigenvalue weighted by Gasteiger charge is -2.29. The summed E-state index contributed by atoms with van der Waals surface area (Å²) in [6, 6.07) is 130. The lowest BCUT2D eigenvalue weighted by Crippen LogP contribution is -2.02. The van der Waals surface area contributed by atoms with Crippen molar-refractivity contribution < 1.29 is 0 Å². The lowest BCUT2D eigenvalue weighted by atomic mass is 9.73. The van der Waals surface area contributed by atoms with Crippen LogP contribution in [-0.2, 0) is 0 Å². The van der Waals surface area contributed by atoms with Gasteiger partial charge in [0.1, 0.15) is 0 Å². The molecule has 0 aliphatic heterocycles. The molecule has 1 heteroatoms. The fourth-order valence-corrected chi connectivity index (χ4v) is 19.9. The van der Waals surface area contributed by atoms with Gasteiger partial charge in [-0.15, -0.1) is 11.3 Å². The second-order valence-electron chi connectivity index (χ2n) is 29.5. The van der Waals surface area contributed by atoms with Crippen molar-refractivity contribution in [2.75, 3.05) is 0 Å². The van der Waals surface area contributed by atoms with Crippen LogP contribution in [0.3, 0.4) is 0 Å². The van der Waals surface area contributed by atoms with E-state index in [2.05, 4.69) is 381 Å². The van der Waals surface area contributed by atoms with Gasteiger partial charge in [0.25, 0.3) is 0 Å². The minimum atomic E-state index is 1.15. The van der Waals surface area contributed by atoms with Crippen LogP contribution in [0.25, 0.3) is 207 Å². The number of thiophene rings is 1. The van der Waals surface area contributed by atoms with Crippen LogP contribution in [0, 0.1) is 41.5 Å². The third kappa shape index (κ3) is 10.3. The summed E-state index contributed by atoms with van der Waals surface area (Å²) >= 11 is 1.88. The Morgan fingerprint density at radius 3 is 0.794 bits per heavy atom. The van der Waals surface area contributed by atoms with Crippen molar-refractivity contribution in [2.45, 2.75) is 41.5 Å². The molecule has 0 nitrogen and oxygen atoms in total. The van der Waals surface area contributed by atoms with Gasteiger partial charge < -0.3 is 0 Å². The minimum Gasteiger partial charge on any atom is -0.135 e. The van der Waals surface area contributed by atoms with Crippen molar-refractivity contribution in [1.82, 2.24) is 0 Å². The van der Waals surface area contributed by atoms with Crippen LogP contribution in [-0.4, -0.2) is 0 Å². The van der Waals surface area contributed by atoms with Crippen LogP contribution in [0.2, 0.25) is 0 Å². The van der Waals surface area contributed by atoms with Crippen molar-refractivity contribution in [2.24, 2.45) is 0 Å². The smallest absolute Gasteiger partial charge is 0.0361 e. The molecule has 0 atom stereocenters. The highest BCUT2D eigenvalue weighted by Gasteiger charge is 2.33. The largest absolute Gasteiger partial charge is 0.135 e. The Balaban J connectivity index is 0.989. The minimum absolute atomic E-state index is 1.15. The first-order chi connectivity index (χ1) is 52.6. The van der Waals surface area contributed by atoms with Gasteiger partial charge in [-0.05, 0) is 269 Å². The molecule has 20 aromatic rings. The zero-order valence-corrected chi connectivity index (χ0v) is 61.6. The average Bonchev–Trinajstić information content (AvgIpc) is 0.744. The molecule has 0 saturated heterocycles. The molecule has 1 aromatic heterocycles. The van der Waals surface area contributed by atoms with Gasteiger partial charge in [-0.25, -0.2) is 0 Å². The third-order valence-electron chi connectivity index (χ3n) is 22.9. The van der Waals surface area contributed by atoms with Gasteiger partial charge in [0.05, 0.1) is 0 Å². The Morgan fingerprint density at radius 2 is 0.430 bits per heavy atom. The maximum Gasteiger partial charge on any atom is 0.0361 e. The molecular formula is C106H74S. The zero-order chi connectivity index (χ0) is 71.7. The topological polar surface area (TPSA) is 0 Å². The van der Waals surface area contributed by atoms with Crippen molar-refractivity contribution >= 4 is 96.1 Å². The van der Waals surface area contributed by atoms with E-state index in [9.17, 15) is 0 Å². The highest BCUT2D eigenvalue weighted by atomic mass is 32.1. The SMILES string of the molecule is Cc1cc(C)c(-c2ccc(-c3c(-c4ccc(-c5c(C)cc(C)cc5C)cc4)c(-c4ccc(-c5ccc6sc7ccc8ccccc8c7c6c5)cc4)c4c5cccc6c7c(-c8ccccc8)c(-c8ccccc8)c(-c8ccccc8)c(-c8ccccc8)c7c7cccc(c4c3-c3ccccc3)c7c65)cc2)c(C)c1. The molecule has 20 rings (SSSR count). The van der Waals surface area contributed by atoms with Gasteiger partial charge in [-0.3, -0.25) is 0 Å². The summed E-state index contributed by atoms with van der Waals surface area (Å²) in [5, 5.41) is 17.5. The molecule has 107 heavy (non-hydrogen) atoms. The lowest BCUT2D eigenvalue weighted by molar-refractivity contribution is 1.32. The Kier molecular flexibility index (Phi) is 15.2. The van der Waals surface area contributed by atoms with Gasteiger partial charge in [-0.1, -0.05) is 333 Å². The zero-order valence-electron chi connectivity index (χ0n) is 60.7. The van der Waals surface area contributed by atoms with Crippen LogP contribution in [0.5, 0.6) is 0 Å². The van der Waals surface area contributed by atoms with Crippen LogP contribution in [0.1, 0.15) is 33.4 Å². The molecule has 0 aliphatic carbocycles. The predicted octanol–water partition coefficient (Wildman–Crippen LogP) is 30.6. The summed E-state index contributed by atoms with van der Waals surface area (Å²) in [7, 11) is 0. The van der Waals surface area contributed by atoms with E-state index in [-0.39, 0.29) is 0 Å². The molecule has 0 fully saturated rings. The molecule has 0 radical (unpaired) electrons. The molecular weight excluding hydrogens is 1310 g/mol. The predicted molar refractivity (Wildman–Crippen MR) is 464 cm³/mol. The molecule has 0 N–H and O–H groups in total. The van der Waals surface area contributed by atoms with Gasteiger partial charge in [-0.2, -0.15) is 0 Å². The van der Waals surface area contributed by atoms with Crippen LogP contribution < -0.4 is 0 Å². The molecule has 1 heterocycles. The summed E-state index contributed by atoms with van der Waals surface area (Å²) in [5.74, 6) is 0. The van der Waals surface area contributed by atoms with Gasteiger partial charge >= 0.3 is 0 Å². The Labute approximate surface area is 628 Å². The monoisotopic (exact) mass is 1380 g/mol. The number of benzene rings is 19. The molecule has 0 aliphatic rings. The van der Waals surface area contributed by atoms with E-state index >= 15 is 0 Å². The highest BCUT2D eigenvalue weighted by molar-refractivity contribution is 7.26. The second-order valence-corrected chi connectivity index (χ2v) is 30.6. The van der Waals surface area contributed by atoms with Crippen molar-refractivity contribution in [3.8, 4) is 122 Å². The summed E-state index contributed by atoms with van der Waals surface area (Å²) in [6.45, 7) is 13.5. The number of aryl methyl sites for hydroxylation is 6. The number of rotatable bonds is 11. The van der Waals surface area contributed by atoms with Gasteiger partial charge in [0.15, 0.2) is 0 Å². The molecule has 504 valence electrons. The van der Waals surface area contributed by atoms with E-state index < -0.39 is 0 Å². The van der Waals surface area contributed by atoms with E-state index in [4.69, 9.17) is 0 Å². The first-order valence-electron chi connectivity index (χ1n) is 37.4. The van der Waals surface area contributed by atoms with E-state index in [1.807, 2.05) is 11.3 Å². The van der Waals surface area contributed by atoms with Crippen molar-refractivity contribution in [3.05, 3.63) is 373 Å².